The topological polar surface area (TPSA) is 29.5 Å². The lowest BCUT2D eigenvalue weighted by Crippen LogP contribution is -2.27. The fraction of sp³-hybridized carbons (Fsp3) is 0.625. The molecule has 0 aliphatic heterocycles. The quantitative estimate of drug-likeness (QED) is 0.869. The van der Waals surface area contributed by atoms with Crippen LogP contribution < -0.4 is 4.74 Å². The molecule has 2 aliphatic carbocycles. The fourth-order valence-corrected chi connectivity index (χ4v) is 3.77. The standard InChI is InChI=1S/C16H22O2/c1-18-14-8-7-11-9-13(6-5-12(11)10-14)15-3-2-4-16(15)17/h7-8,10,13,15-17H,2-6,9H2,1H3/t13-,15-,16-/m0/s1. The second-order valence-electron chi connectivity index (χ2n) is 5.80. The number of aliphatic hydroxyl groups is 1. The highest BCUT2D eigenvalue weighted by Gasteiger charge is 2.34. The smallest absolute Gasteiger partial charge is 0.119 e. The number of aliphatic hydroxyl groups excluding tert-OH is 1. The van der Waals surface area contributed by atoms with Gasteiger partial charge in [-0.25, -0.2) is 0 Å². The van der Waals surface area contributed by atoms with Gasteiger partial charge in [0.1, 0.15) is 5.75 Å². The van der Waals surface area contributed by atoms with Crippen LogP contribution in [-0.4, -0.2) is 18.3 Å². The summed E-state index contributed by atoms with van der Waals surface area (Å²) in [6.07, 6.45) is 6.89. The van der Waals surface area contributed by atoms with Gasteiger partial charge in [0.25, 0.3) is 0 Å². The van der Waals surface area contributed by atoms with Gasteiger partial charge in [-0.2, -0.15) is 0 Å². The van der Waals surface area contributed by atoms with Crippen molar-refractivity contribution in [1.82, 2.24) is 0 Å². The van der Waals surface area contributed by atoms with Crippen LogP contribution in [0.4, 0.5) is 0 Å². The lowest BCUT2D eigenvalue weighted by atomic mass is 9.75. The van der Waals surface area contributed by atoms with Crippen LogP contribution in [0.25, 0.3) is 0 Å². The van der Waals surface area contributed by atoms with Gasteiger partial charge >= 0.3 is 0 Å². The molecular formula is C16H22O2. The van der Waals surface area contributed by atoms with Crippen molar-refractivity contribution in [2.24, 2.45) is 11.8 Å². The maximum Gasteiger partial charge on any atom is 0.119 e. The molecule has 1 N–H and O–H groups in total. The Hall–Kier alpha value is -1.02. The van der Waals surface area contributed by atoms with Crippen molar-refractivity contribution in [2.45, 2.75) is 44.6 Å². The number of rotatable bonds is 2. The van der Waals surface area contributed by atoms with Gasteiger partial charge in [0.05, 0.1) is 13.2 Å². The number of methoxy groups -OCH3 is 1. The Balaban J connectivity index is 1.77. The summed E-state index contributed by atoms with van der Waals surface area (Å²) in [5.74, 6) is 2.19. The Morgan fingerprint density at radius 1 is 1.17 bits per heavy atom. The van der Waals surface area contributed by atoms with Crippen molar-refractivity contribution >= 4 is 0 Å². The van der Waals surface area contributed by atoms with Gasteiger partial charge in [0, 0.05) is 0 Å². The van der Waals surface area contributed by atoms with Crippen LogP contribution in [0, 0.1) is 11.8 Å². The average molecular weight is 246 g/mol. The lowest BCUT2D eigenvalue weighted by molar-refractivity contribution is 0.0924. The van der Waals surface area contributed by atoms with Crippen molar-refractivity contribution in [3.8, 4) is 5.75 Å². The Morgan fingerprint density at radius 3 is 2.78 bits per heavy atom. The third-order valence-corrected chi connectivity index (χ3v) is 4.82. The number of hydrogen-bond donors (Lipinski definition) is 1. The highest BCUT2D eigenvalue weighted by molar-refractivity contribution is 5.37. The van der Waals surface area contributed by atoms with Crippen LogP contribution in [0.2, 0.25) is 0 Å². The molecule has 3 atom stereocenters. The molecule has 2 nitrogen and oxygen atoms in total. The summed E-state index contributed by atoms with van der Waals surface area (Å²) in [7, 11) is 1.72. The summed E-state index contributed by atoms with van der Waals surface area (Å²) in [6.45, 7) is 0. The van der Waals surface area contributed by atoms with E-state index in [1.54, 1.807) is 7.11 Å². The van der Waals surface area contributed by atoms with E-state index in [0.717, 1.165) is 25.0 Å². The SMILES string of the molecule is COc1ccc2c(c1)CC[C@H]([C@@H]1CCC[C@@H]1O)C2. The van der Waals surface area contributed by atoms with E-state index in [2.05, 4.69) is 18.2 Å². The molecule has 1 aromatic rings. The van der Waals surface area contributed by atoms with Gasteiger partial charge < -0.3 is 9.84 Å². The van der Waals surface area contributed by atoms with Crippen molar-refractivity contribution in [2.75, 3.05) is 7.11 Å². The number of benzene rings is 1. The second kappa shape index (κ2) is 4.93. The van der Waals surface area contributed by atoms with Crippen molar-refractivity contribution < 1.29 is 9.84 Å². The van der Waals surface area contributed by atoms with Crippen LogP contribution in [0.5, 0.6) is 5.75 Å². The van der Waals surface area contributed by atoms with Gasteiger partial charge in [0.15, 0.2) is 0 Å². The zero-order chi connectivity index (χ0) is 12.5. The monoisotopic (exact) mass is 246 g/mol. The molecule has 1 aromatic carbocycles. The number of ether oxygens (including phenoxy) is 1. The summed E-state index contributed by atoms with van der Waals surface area (Å²) >= 11 is 0. The first kappa shape index (κ1) is 12.0. The summed E-state index contributed by atoms with van der Waals surface area (Å²) in [5, 5.41) is 10.1. The van der Waals surface area contributed by atoms with Crippen LogP contribution in [0.15, 0.2) is 18.2 Å². The Kier molecular flexibility index (Phi) is 3.29. The maximum atomic E-state index is 10.1. The second-order valence-corrected chi connectivity index (χ2v) is 5.80. The molecule has 2 aliphatic rings. The van der Waals surface area contributed by atoms with E-state index in [0.29, 0.717) is 11.8 Å². The van der Waals surface area contributed by atoms with E-state index in [9.17, 15) is 5.11 Å². The van der Waals surface area contributed by atoms with Crippen molar-refractivity contribution in [3.05, 3.63) is 29.3 Å². The molecule has 2 heteroatoms. The normalized spacial score (nSPS) is 31.1. The minimum atomic E-state index is -0.0465. The van der Waals surface area contributed by atoms with E-state index in [4.69, 9.17) is 4.74 Å². The molecule has 0 heterocycles. The first-order valence-electron chi connectivity index (χ1n) is 7.12. The predicted molar refractivity (Wildman–Crippen MR) is 71.9 cm³/mol. The van der Waals surface area contributed by atoms with Crippen LogP contribution in [0.1, 0.15) is 36.8 Å². The van der Waals surface area contributed by atoms with E-state index >= 15 is 0 Å². The molecule has 0 amide bonds. The van der Waals surface area contributed by atoms with Crippen LogP contribution in [-0.2, 0) is 12.8 Å². The third kappa shape index (κ3) is 2.14. The predicted octanol–water partition coefficient (Wildman–Crippen LogP) is 2.96. The molecule has 0 aromatic heterocycles. The minimum absolute atomic E-state index is 0.0465. The Morgan fingerprint density at radius 2 is 2.06 bits per heavy atom. The zero-order valence-corrected chi connectivity index (χ0v) is 11.1. The Labute approximate surface area is 109 Å². The van der Waals surface area contributed by atoms with E-state index < -0.39 is 0 Å². The first-order chi connectivity index (χ1) is 8.78. The van der Waals surface area contributed by atoms with Crippen molar-refractivity contribution in [3.63, 3.8) is 0 Å². The van der Waals surface area contributed by atoms with E-state index in [-0.39, 0.29) is 6.10 Å². The van der Waals surface area contributed by atoms with Crippen molar-refractivity contribution in [1.29, 1.82) is 0 Å². The van der Waals surface area contributed by atoms with Crippen LogP contribution >= 0.6 is 0 Å². The van der Waals surface area contributed by atoms with Gasteiger partial charge in [-0.15, -0.1) is 0 Å². The van der Waals surface area contributed by atoms with Gasteiger partial charge in [-0.1, -0.05) is 12.5 Å². The molecule has 98 valence electrons. The van der Waals surface area contributed by atoms with E-state index in [1.165, 1.54) is 30.4 Å². The van der Waals surface area contributed by atoms with E-state index in [1.807, 2.05) is 0 Å². The highest BCUT2D eigenvalue weighted by Crippen LogP contribution is 2.39. The molecule has 1 saturated carbocycles. The molecule has 0 unspecified atom stereocenters. The van der Waals surface area contributed by atoms with Gasteiger partial charge in [0.2, 0.25) is 0 Å². The molecule has 0 radical (unpaired) electrons. The Bertz CT molecular complexity index is 427. The molecular weight excluding hydrogens is 224 g/mol. The minimum Gasteiger partial charge on any atom is -0.497 e. The first-order valence-corrected chi connectivity index (χ1v) is 7.12. The molecule has 0 bridgehead atoms. The largest absolute Gasteiger partial charge is 0.497 e. The molecule has 0 saturated heterocycles. The third-order valence-electron chi connectivity index (χ3n) is 4.82. The van der Waals surface area contributed by atoms with Gasteiger partial charge in [-0.3, -0.25) is 0 Å². The summed E-state index contributed by atoms with van der Waals surface area (Å²) in [4.78, 5) is 0. The average Bonchev–Trinajstić information content (AvgIpc) is 2.84. The van der Waals surface area contributed by atoms with Crippen LogP contribution in [0.3, 0.4) is 0 Å². The summed E-state index contributed by atoms with van der Waals surface area (Å²) < 4.78 is 5.28. The number of hydrogen-bond acceptors (Lipinski definition) is 2. The molecule has 3 rings (SSSR count). The maximum absolute atomic E-state index is 10.1. The van der Waals surface area contributed by atoms with Gasteiger partial charge in [-0.05, 0) is 67.2 Å². The lowest BCUT2D eigenvalue weighted by Gasteiger charge is -2.31. The molecule has 0 spiro atoms. The zero-order valence-electron chi connectivity index (χ0n) is 11.1. The number of aryl methyl sites for hydroxylation is 1. The number of fused-ring (bicyclic) bond motifs is 1. The molecule has 18 heavy (non-hydrogen) atoms. The highest BCUT2D eigenvalue weighted by atomic mass is 16.5. The summed E-state index contributed by atoms with van der Waals surface area (Å²) in [5.41, 5.74) is 2.91. The summed E-state index contributed by atoms with van der Waals surface area (Å²) in [6, 6.07) is 6.45. The molecule has 1 fully saturated rings. The fourth-order valence-electron chi connectivity index (χ4n) is 3.77.